The number of nitrogens with one attached hydrogen (secondary N) is 2. The number of fused-ring (bicyclic) bond motifs is 1. The van der Waals surface area contributed by atoms with Gasteiger partial charge in [-0.1, -0.05) is 36.4 Å². The van der Waals surface area contributed by atoms with Gasteiger partial charge in [-0.25, -0.2) is 9.18 Å². The van der Waals surface area contributed by atoms with Gasteiger partial charge in [0, 0.05) is 12.0 Å². The molecule has 38 heavy (non-hydrogen) atoms. The minimum absolute atomic E-state index is 0.168. The van der Waals surface area contributed by atoms with Crippen LogP contribution < -0.4 is 10.6 Å². The number of cyclic esters (lactones) is 1. The van der Waals surface area contributed by atoms with E-state index < -0.39 is 53.4 Å². The van der Waals surface area contributed by atoms with Gasteiger partial charge in [0.15, 0.2) is 0 Å². The van der Waals surface area contributed by atoms with E-state index in [0.29, 0.717) is 29.5 Å². The molecule has 2 N–H and O–H groups in total. The molecule has 1 aliphatic heterocycles. The molecular weight excluding hydrogens is 502 g/mol. The van der Waals surface area contributed by atoms with Crippen LogP contribution in [0.15, 0.2) is 42.5 Å². The molecule has 10 heteroatoms. The molecule has 4 rings (SSSR count). The van der Waals surface area contributed by atoms with Crippen LogP contribution in [0.4, 0.5) is 17.6 Å². The van der Waals surface area contributed by atoms with Crippen molar-refractivity contribution in [3.8, 4) is 17.2 Å². The lowest BCUT2D eigenvalue weighted by Gasteiger charge is -2.30. The number of nitrogens with zero attached hydrogens (tertiary/aromatic N) is 1. The van der Waals surface area contributed by atoms with E-state index in [1.165, 1.54) is 38.1 Å². The number of ether oxygens (including phenoxy) is 1. The Bertz CT molecular complexity index is 1290. The Morgan fingerprint density at radius 3 is 2.21 bits per heavy atom. The average molecular weight is 532 g/mol. The monoisotopic (exact) mass is 531 g/mol. The first kappa shape index (κ1) is 27.6. The molecule has 1 fully saturated rings. The standard InChI is InChI=1S/C28H29F4N3O3/c1-25(2,29)14-21(23(36)35-27(15-33)11-12-27)34-22(28(30,31)32)17-7-5-16(6-8-17)18-9-10-20-19(13-18)24(37)38-26(20,3)4/h5-10,13,21-22,34H,11-12,14H2,1-4H3,(H,35,36)/t21-,22-/m0/s1. The van der Waals surface area contributed by atoms with Crippen molar-refractivity contribution >= 4 is 11.9 Å². The largest absolute Gasteiger partial charge is 0.451 e. The minimum Gasteiger partial charge on any atom is -0.451 e. The number of esters is 1. The van der Waals surface area contributed by atoms with Gasteiger partial charge in [-0.15, -0.1) is 0 Å². The summed E-state index contributed by atoms with van der Waals surface area (Å²) in [6.45, 7) is 5.91. The van der Waals surface area contributed by atoms with E-state index in [9.17, 15) is 32.4 Å². The molecular formula is C28H29F4N3O3. The van der Waals surface area contributed by atoms with Crippen LogP contribution in [-0.2, 0) is 15.1 Å². The number of alkyl halides is 4. The smallest absolute Gasteiger partial charge is 0.407 e. The second-order valence-corrected chi connectivity index (χ2v) is 11.1. The summed E-state index contributed by atoms with van der Waals surface area (Å²) in [7, 11) is 0. The molecule has 0 aromatic heterocycles. The molecule has 1 saturated carbocycles. The molecule has 202 valence electrons. The predicted octanol–water partition coefficient (Wildman–Crippen LogP) is 5.63. The van der Waals surface area contributed by atoms with Crippen molar-refractivity contribution in [1.29, 1.82) is 5.26 Å². The third-order valence-electron chi connectivity index (χ3n) is 6.84. The zero-order valence-electron chi connectivity index (χ0n) is 21.5. The topological polar surface area (TPSA) is 91.2 Å². The summed E-state index contributed by atoms with van der Waals surface area (Å²) in [6, 6.07) is 8.89. The molecule has 1 heterocycles. The van der Waals surface area contributed by atoms with Crippen molar-refractivity contribution in [3.05, 3.63) is 59.2 Å². The van der Waals surface area contributed by atoms with E-state index in [0.717, 1.165) is 5.56 Å². The molecule has 1 aliphatic carbocycles. The number of benzene rings is 2. The number of amides is 1. The molecule has 2 aliphatic rings. The lowest BCUT2D eigenvalue weighted by Crippen LogP contribution is -2.53. The van der Waals surface area contributed by atoms with Crippen LogP contribution in [-0.4, -0.2) is 35.3 Å². The number of carbonyl (C=O) groups excluding carboxylic acids is 2. The Hall–Kier alpha value is -3.45. The molecule has 0 unspecified atom stereocenters. The van der Waals surface area contributed by atoms with Crippen LogP contribution in [0, 0.1) is 11.3 Å². The number of nitriles is 1. The number of hydrogen-bond acceptors (Lipinski definition) is 5. The predicted molar refractivity (Wildman–Crippen MR) is 132 cm³/mol. The van der Waals surface area contributed by atoms with Crippen molar-refractivity contribution in [2.24, 2.45) is 0 Å². The molecule has 2 atom stereocenters. The maximum atomic E-state index is 14.5. The fourth-order valence-electron chi connectivity index (χ4n) is 4.63. The first-order chi connectivity index (χ1) is 17.5. The molecule has 0 spiro atoms. The van der Waals surface area contributed by atoms with Crippen LogP contribution in [0.5, 0.6) is 0 Å². The van der Waals surface area contributed by atoms with Crippen molar-refractivity contribution < 1.29 is 31.9 Å². The van der Waals surface area contributed by atoms with E-state index in [1.54, 1.807) is 32.0 Å². The lowest BCUT2D eigenvalue weighted by molar-refractivity contribution is -0.161. The molecule has 0 saturated heterocycles. The molecule has 2 aromatic carbocycles. The Balaban J connectivity index is 1.60. The number of hydrogen-bond donors (Lipinski definition) is 2. The Kier molecular flexibility index (Phi) is 6.81. The van der Waals surface area contributed by atoms with Crippen molar-refractivity contribution in [3.63, 3.8) is 0 Å². The van der Waals surface area contributed by atoms with Gasteiger partial charge in [-0.3, -0.25) is 10.1 Å². The molecule has 2 aromatic rings. The highest BCUT2D eigenvalue weighted by atomic mass is 19.4. The van der Waals surface area contributed by atoms with E-state index in [4.69, 9.17) is 4.74 Å². The van der Waals surface area contributed by atoms with Gasteiger partial charge < -0.3 is 10.1 Å². The summed E-state index contributed by atoms with van der Waals surface area (Å²) in [6.07, 6.45) is -4.53. The zero-order chi connectivity index (χ0) is 28.1. The molecule has 6 nitrogen and oxygen atoms in total. The fraction of sp³-hybridized carbons (Fsp3) is 0.464. The first-order valence-corrected chi connectivity index (χ1v) is 12.3. The summed E-state index contributed by atoms with van der Waals surface area (Å²) >= 11 is 0. The number of rotatable bonds is 8. The third kappa shape index (κ3) is 5.83. The molecule has 0 radical (unpaired) electrons. The van der Waals surface area contributed by atoms with Crippen molar-refractivity contribution in [1.82, 2.24) is 10.6 Å². The van der Waals surface area contributed by atoms with Crippen molar-refractivity contribution in [2.45, 2.75) is 82.0 Å². The summed E-state index contributed by atoms with van der Waals surface area (Å²) in [5.41, 5.74) is -1.63. The Labute approximate surface area is 218 Å². The number of carbonyl (C=O) groups is 2. The van der Waals surface area contributed by atoms with E-state index in [-0.39, 0.29) is 5.56 Å². The maximum absolute atomic E-state index is 14.5. The van der Waals surface area contributed by atoms with Crippen LogP contribution in [0.1, 0.15) is 74.5 Å². The minimum atomic E-state index is -4.80. The SMILES string of the molecule is CC(C)(F)C[C@H](N[C@@H](c1ccc(-c2ccc3c(c2)C(=O)OC3(C)C)cc1)C(F)(F)F)C(=O)NC1(C#N)CC1. The van der Waals surface area contributed by atoms with Crippen LogP contribution >= 0.6 is 0 Å². The highest BCUT2D eigenvalue weighted by Crippen LogP contribution is 2.39. The van der Waals surface area contributed by atoms with E-state index in [1.807, 2.05) is 6.07 Å². The summed E-state index contributed by atoms with van der Waals surface area (Å²) in [5, 5.41) is 14.0. The summed E-state index contributed by atoms with van der Waals surface area (Å²) < 4.78 is 62.4. The van der Waals surface area contributed by atoms with Gasteiger partial charge >= 0.3 is 12.1 Å². The Morgan fingerprint density at radius 2 is 1.68 bits per heavy atom. The highest BCUT2D eigenvalue weighted by Gasteiger charge is 2.48. The van der Waals surface area contributed by atoms with Gasteiger partial charge in [-0.2, -0.15) is 18.4 Å². The van der Waals surface area contributed by atoms with Crippen LogP contribution in [0.3, 0.4) is 0 Å². The second kappa shape index (κ2) is 9.38. The van der Waals surface area contributed by atoms with Gasteiger partial charge in [-0.05, 0) is 63.3 Å². The summed E-state index contributed by atoms with van der Waals surface area (Å²) in [4.78, 5) is 25.1. The van der Waals surface area contributed by atoms with Gasteiger partial charge in [0.2, 0.25) is 5.91 Å². The number of halogens is 4. The quantitative estimate of drug-likeness (QED) is 0.340. The third-order valence-corrected chi connectivity index (χ3v) is 6.84. The normalized spacial score (nSPS) is 19.1. The van der Waals surface area contributed by atoms with Gasteiger partial charge in [0.05, 0.1) is 17.7 Å². The van der Waals surface area contributed by atoms with E-state index in [2.05, 4.69) is 10.6 Å². The molecule has 0 bridgehead atoms. The van der Waals surface area contributed by atoms with Gasteiger partial charge in [0.25, 0.3) is 0 Å². The van der Waals surface area contributed by atoms with Gasteiger partial charge in [0.1, 0.15) is 22.9 Å². The van der Waals surface area contributed by atoms with Crippen LogP contribution in [0.25, 0.3) is 11.1 Å². The van der Waals surface area contributed by atoms with Crippen molar-refractivity contribution in [2.75, 3.05) is 0 Å². The Morgan fingerprint density at radius 1 is 1.08 bits per heavy atom. The lowest BCUT2D eigenvalue weighted by atomic mass is 9.92. The highest BCUT2D eigenvalue weighted by molar-refractivity contribution is 5.96. The molecule has 1 amide bonds. The van der Waals surface area contributed by atoms with E-state index >= 15 is 0 Å². The maximum Gasteiger partial charge on any atom is 0.407 e. The first-order valence-electron chi connectivity index (χ1n) is 12.3. The zero-order valence-corrected chi connectivity index (χ0v) is 21.5. The second-order valence-electron chi connectivity index (χ2n) is 11.1. The van der Waals surface area contributed by atoms with Crippen LogP contribution in [0.2, 0.25) is 0 Å². The average Bonchev–Trinajstić information content (AvgIpc) is 3.54. The summed E-state index contributed by atoms with van der Waals surface area (Å²) in [5.74, 6) is -1.32. The fourth-order valence-corrected chi connectivity index (χ4v) is 4.63.